The Morgan fingerprint density at radius 1 is 0.706 bits per heavy atom. The Labute approximate surface area is 200 Å². The van der Waals surface area contributed by atoms with Gasteiger partial charge in [0.25, 0.3) is 0 Å². The second-order valence-electron chi connectivity index (χ2n) is 9.98. The first-order valence-electron chi connectivity index (χ1n) is 10.9. The second-order valence-corrected chi connectivity index (χ2v) is 9.98. The third-order valence-electron chi connectivity index (χ3n) is 5.01. The van der Waals surface area contributed by atoms with Crippen molar-refractivity contribution < 1.29 is 29.6 Å². The number of aromatic hydroxyl groups is 2. The Morgan fingerprint density at radius 3 is 1.68 bits per heavy atom. The van der Waals surface area contributed by atoms with Gasteiger partial charge in [-0.15, -0.1) is 0 Å². The van der Waals surface area contributed by atoms with Crippen LogP contribution >= 0.6 is 0 Å². The van der Waals surface area contributed by atoms with Crippen molar-refractivity contribution in [2.24, 2.45) is 0 Å². The molecule has 0 aliphatic rings. The minimum Gasteiger partial charge on any atom is -0.508 e. The largest absolute Gasteiger partial charge is 0.508 e. The number of phenolic OH excluding ortho intramolecular Hbond substituents is 2. The van der Waals surface area contributed by atoms with Crippen molar-refractivity contribution in [3.8, 4) is 17.2 Å². The van der Waals surface area contributed by atoms with E-state index >= 15 is 0 Å². The number of rotatable bonds is 3. The van der Waals surface area contributed by atoms with E-state index in [-0.39, 0.29) is 27.9 Å². The first kappa shape index (κ1) is 26.5. The number of phenols is 2. The fourth-order valence-corrected chi connectivity index (χ4v) is 3.19. The average molecular weight is 465 g/mol. The van der Waals surface area contributed by atoms with E-state index in [2.05, 4.69) is 0 Å². The summed E-state index contributed by atoms with van der Waals surface area (Å²) in [6.07, 6.45) is 0. The van der Waals surface area contributed by atoms with E-state index in [1.54, 1.807) is 48.5 Å². The normalized spacial score (nSPS) is 11.2. The Balaban J connectivity index is 0.000000241. The third kappa shape index (κ3) is 7.10. The van der Waals surface area contributed by atoms with E-state index in [4.69, 9.17) is 4.74 Å². The number of carboxylic acids is 1. The van der Waals surface area contributed by atoms with Crippen LogP contribution in [0.25, 0.3) is 0 Å². The number of ether oxygens (including phenoxy) is 1. The molecule has 0 aliphatic heterocycles. The van der Waals surface area contributed by atoms with Crippen LogP contribution in [0.5, 0.6) is 17.2 Å². The van der Waals surface area contributed by atoms with Crippen molar-refractivity contribution in [3.63, 3.8) is 0 Å². The molecule has 0 spiro atoms. The van der Waals surface area contributed by atoms with Gasteiger partial charge in [0.2, 0.25) is 0 Å². The van der Waals surface area contributed by atoms with Gasteiger partial charge in [0, 0.05) is 17.2 Å². The monoisotopic (exact) mass is 464 g/mol. The number of hydrogen-bond acceptors (Lipinski definition) is 5. The topological polar surface area (TPSA) is 104 Å². The van der Waals surface area contributed by atoms with Crippen LogP contribution in [0.2, 0.25) is 0 Å². The maximum absolute atomic E-state index is 11.6. The van der Waals surface area contributed by atoms with E-state index in [1.165, 1.54) is 12.1 Å². The maximum Gasteiger partial charge on any atom is 0.343 e. The summed E-state index contributed by atoms with van der Waals surface area (Å²) in [6.45, 7) is 11.8. The zero-order valence-corrected chi connectivity index (χ0v) is 20.4. The molecule has 0 amide bonds. The Hall–Kier alpha value is -3.80. The Bertz CT molecular complexity index is 1120. The van der Waals surface area contributed by atoms with E-state index in [9.17, 15) is 24.9 Å². The van der Waals surface area contributed by atoms with Crippen LogP contribution in [-0.2, 0) is 10.8 Å². The van der Waals surface area contributed by atoms with Gasteiger partial charge < -0.3 is 20.1 Å². The van der Waals surface area contributed by atoms with Crippen LogP contribution < -0.4 is 4.74 Å². The second kappa shape index (κ2) is 10.4. The highest BCUT2D eigenvalue weighted by Gasteiger charge is 2.27. The molecule has 0 bridgehead atoms. The molecule has 0 atom stereocenters. The predicted molar refractivity (Wildman–Crippen MR) is 132 cm³/mol. The van der Waals surface area contributed by atoms with Gasteiger partial charge in [0.1, 0.15) is 17.2 Å². The number of hydrogen-bond donors (Lipinski definition) is 3. The minimum atomic E-state index is -0.967. The molecule has 180 valence electrons. The minimum absolute atomic E-state index is 0.0679. The van der Waals surface area contributed by atoms with Crippen LogP contribution in [0.4, 0.5) is 0 Å². The van der Waals surface area contributed by atoms with Crippen LogP contribution in [-0.4, -0.2) is 27.3 Å². The maximum atomic E-state index is 11.6. The summed E-state index contributed by atoms with van der Waals surface area (Å²) in [7, 11) is 0. The van der Waals surface area contributed by atoms with Crippen molar-refractivity contribution >= 4 is 11.9 Å². The van der Waals surface area contributed by atoms with Crippen molar-refractivity contribution in [2.45, 2.75) is 52.4 Å². The van der Waals surface area contributed by atoms with Gasteiger partial charge in [0.15, 0.2) is 0 Å². The van der Waals surface area contributed by atoms with E-state index in [0.717, 1.165) is 0 Å². The summed E-state index contributed by atoms with van der Waals surface area (Å²) in [4.78, 5) is 22.8. The molecule has 6 nitrogen and oxygen atoms in total. The molecule has 3 aromatic rings. The number of benzene rings is 3. The smallest absolute Gasteiger partial charge is 0.343 e. The number of carboxylic acid groups (broad SMARTS) is 1. The molecule has 3 rings (SSSR count). The van der Waals surface area contributed by atoms with Gasteiger partial charge in [-0.1, -0.05) is 65.8 Å². The van der Waals surface area contributed by atoms with Crippen LogP contribution in [0.15, 0.2) is 66.7 Å². The number of esters is 1. The lowest BCUT2D eigenvalue weighted by molar-refractivity contribution is 0.0694. The summed E-state index contributed by atoms with van der Waals surface area (Å²) < 4.78 is 5.08. The first-order chi connectivity index (χ1) is 15.7. The fraction of sp³-hybridized carbons (Fsp3) is 0.286. The van der Waals surface area contributed by atoms with E-state index < -0.39 is 11.9 Å². The van der Waals surface area contributed by atoms with Crippen LogP contribution in [0.3, 0.4) is 0 Å². The lowest BCUT2D eigenvalue weighted by atomic mass is 9.78. The molecule has 0 aliphatic carbocycles. The molecule has 3 aromatic carbocycles. The van der Waals surface area contributed by atoms with Gasteiger partial charge in [0.05, 0.1) is 11.1 Å². The summed E-state index contributed by atoms with van der Waals surface area (Å²) in [6, 6.07) is 17.9. The van der Waals surface area contributed by atoms with Gasteiger partial charge in [-0.05, 0) is 47.2 Å². The van der Waals surface area contributed by atoms with Gasteiger partial charge in [-0.3, -0.25) is 0 Å². The molecule has 0 heterocycles. The molecular formula is C28H32O6. The standard InChI is InChI=1S/C15H22O3.C13H10O3/c1-14(2,3)10-7-9(13(17)18)8-11(12(10)16)15(4,5)6;14-11-7-4-8-12(9-11)16-13(15)10-5-2-1-3-6-10/h7-8,16H,1-6H3,(H,17,18);1-9,14H. The Morgan fingerprint density at radius 2 is 1.24 bits per heavy atom. The van der Waals surface area contributed by atoms with Crippen molar-refractivity contribution in [2.75, 3.05) is 0 Å². The van der Waals surface area contributed by atoms with Crippen molar-refractivity contribution in [3.05, 3.63) is 89.0 Å². The highest BCUT2D eigenvalue weighted by atomic mass is 16.5. The van der Waals surface area contributed by atoms with E-state index in [1.807, 2.05) is 47.6 Å². The lowest BCUT2D eigenvalue weighted by Crippen LogP contribution is -2.18. The number of aromatic carboxylic acids is 1. The summed E-state index contributed by atoms with van der Waals surface area (Å²) in [5.41, 5.74) is 1.46. The van der Waals surface area contributed by atoms with Crippen molar-refractivity contribution in [1.29, 1.82) is 0 Å². The average Bonchev–Trinajstić information content (AvgIpc) is 2.73. The third-order valence-corrected chi connectivity index (χ3v) is 5.01. The summed E-state index contributed by atoms with van der Waals surface area (Å²) in [5.74, 6) is -0.801. The molecule has 0 radical (unpaired) electrons. The highest BCUT2D eigenvalue weighted by molar-refractivity contribution is 5.91. The Kier molecular flexibility index (Phi) is 8.11. The summed E-state index contributed by atoms with van der Waals surface area (Å²) >= 11 is 0. The molecule has 0 saturated carbocycles. The van der Waals surface area contributed by atoms with E-state index in [0.29, 0.717) is 22.4 Å². The predicted octanol–water partition coefficient (Wildman–Crippen LogP) is 6.30. The van der Waals surface area contributed by atoms with Gasteiger partial charge in [-0.25, -0.2) is 9.59 Å². The van der Waals surface area contributed by atoms with Crippen LogP contribution in [0, 0.1) is 0 Å². The molecular weight excluding hydrogens is 432 g/mol. The zero-order chi connectivity index (χ0) is 25.7. The SMILES string of the molecule is CC(C)(C)c1cc(C(=O)O)cc(C(C)(C)C)c1O.O=C(Oc1cccc(O)c1)c1ccccc1. The molecule has 6 heteroatoms. The molecule has 0 fully saturated rings. The molecule has 0 unspecified atom stereocenters. The zero-order valence-electron chi connectivity index (χ0n) is 20.4. The summed E-state index contributed by atoms with van der Waals surface area (Å²) in [5, 5.41) is 28.8. The molecule has 0 aromatic heterocycles. The number of carbonyl (C=O) groups is 2. The first-order valence-corrected chi connectivity index (χ1v) is 10.9. The lowest BCUT2D eigenvalue weighted by Gasteiger charge is -2.27. The molecule has 3 N–H and O–H groups in total. The number of carbonyl (C=O) groups excluding carboxylic acids is 1. The quantitative estimate of drug-likeness (QED) is 0.310. The van der Waals surface area contributed by atoms with Crippen molar-refractivity contribution in [1.82, 2.24) is 0 Å². The van der Waals surface area contributed by atoms with Crippen LogP contribution in [0.1, 0.15) is 73.4 Å². The highest BCUT2D eigenvalue weighted by Crippen LogP contribution is 2.39. The molecule has 0 saturated heterocycles. The van der Waals surface area contributed by atoms with Gasteiger partial charge in [-0.2, -0.15) is 0 Å². The van der Waals surface area contributed by atoms with Gasteiger partial charge >= 0.3 is 11.9 Å². The molecule has 34 heavy (non-hydrogen) atoms. The fourth-order valence-electron chi connectivity index (χ4n) is 3.19.